The van der Waals surface area contributed by atoms with E-state index >= 15 is 0 Å². The number of rotatable bonds is 7. The number of aliphatic carboxylic acids is 3. The Morgan fingerprint density at radius 1 is 0.731 bits per heavy atom. The van der Waals surface area contributed by atoms with E-state index in [1.165, 1.54) is 0 Å². The number of carboxylic acids is 3. The number of benzene rings is 1. The lowest BCUT2D eigenvalue weighted by molar-refractivity contribution is -0.140. The van der Waals surface area contributed by atoms with Gasteiger partial charge in [-0.2, -0.15) is 0 Å². The highest BCUT2D eigenvalue weighted by Crippen LogP contribution is 2.01. The van der Waals surface area contributed by atoms with Gasteiger partial charge in [0.05, 0.1) is 13.2 Å². The Hall–Kier alpha value is -2.57. The Morgan fingerprint density at radius 3 is 1.31 bits per heavy atom. The maximum atomic E-state index is 10.4. The van der Waals surface area contributed by atoms with E-state index in [1.54, 1.807) is 0 Å². The van der Waals surface area contributed by atoms with Crippen LogP contribution < -0.4 is 17.2 Å². The molecule has 1 aromatic carbocycles. The zero-order valence-electron chi connectivity index (χ0n) is 13.9. The quantitative estimate of drug-likeness (QED) is 0.246. The van der Waals surface area contributed by atoms with E-state index in [2.05, 4.69) is 0 Å². The van der Waals surface area contributed by atoms with Gasteiger partial charge in [-0.05, 0) is 12.0 Å². The smallest absolute Gasteiger partial charge is 0.322 e. The molecule has 26 heavy (non-hydrogen) atoms. The molecule has 0 aliphatic heterocycles. The summed E-state index contributed by atoms with van der Waals surface area (Å²) < 4.78 is 0. The number of carbonyl (C=O) groups is 3. The van der Waals surface area contributed by atoms with Crippen molar-refractivity contribution in [2.24, 2.45) is 17.2 Å². The second-order valence-corrected chi connectivity index (χ2v) is 4.89. The van der Waals surface area contributed by atoms with E-state index in [9.17, 15) is 14.4 Å². The molecule has 0 radical (unpaired) electrons. The zero-order chi connectivity index (χ0) is 20.7. The normalized spacial score (nSPS) is 13.0. The van der Waals surface area contributed by atoms with Crippen LogP contribution in [0.25, 0.3) is 0 Å². The van der Waals surface area contributed by atoms with Gasteiger partial charge in [-0.3, -0.25) is 14.4 Å². The van der Waals surface area contributed by atoms with Crippen LogP contribution in [0.1, 0.15) is 5.56 Å². The fraction of sp³-hybridized carbons (Fsp3) is 0.400. The summed E-state index contributed by atoms with van der Waals surface area (Å²) in [5.41, 5.74) is 15.8. The lowest BCUT2D eigenvalue weighted by Gasteiger charge is -2.04. The molecule has 0 aliphatic rings. The second kappa shape index (κ2) is 14.7. The standard InChI is InChI=1S/C9H11NO2.2C3H7NO3/c10-8(9(11)12)6-7-4-2-1-3-5-7;2*4-2(1-5)3(6)7/h1-5,8H,6,10H2,(H,11,12);2*2,5H,1,4H2,(H,6,7). The van der Waals surface area contributed by atoms with E-state index in [4.69, 9.17) is 42.7 Å². The van der Waals surface area contributed by atoms with Crippen LogP contribution in [0.3, 0.4) is 0 Å². The van der Waals surface area contributed by atoms with Crippen LogP contribution in [0.2, 0.25) is 0 Å². The predicted octanol–water partition coefficient (Wildman–Crippen LogP) is -2.58. The third kappa shape index (κ3) is 13.8. The first-order valence-corrected chi connectivity index (χ1v) is 7.27. The largest absolute Gasteiger partial charge is 0.480 e. The van der Waals surface area contributed by atoms with Crippen LogP contribution in [0, 0.1) is 0 Å². The molecule has 11 N–H and O–H groups in total. The summed E-state index contributed by atoms with van der Waals surface area (Å²) in [7, 11) is 0. The Balaban J connectivity index is 0. The van der Waals surface area contributed by atoms with Gasteiger partial charge in [0, 0.05) is 0 Å². The molecule has 11 nitrogen and oxygen atoms in total. The topological polar surface area (TPSA) is 230 Å². The maximum Gasteiger partial charge on any atom is 0.322 e. The molecule has 3 unspecified atom stereocenters. The third-order valence-electron chi connectivity index (χ3n) is 2.64. The van der Waals surface area contributed by atoms with Crippen molar-refractivity contribution in [2.75, 3.05) is 13.2 Å². The van der Waals surface area contributed by atoms with Crippen LogP contribution in [0.15, 0.2) is 30.3 Å². The SMILES string of the molecule is NC(CO)C(=O)O.NC(CO)C(=O)O.NC(Cc1ccccc1)C(=O)O. The molecule has 148 valence electrons. The minimum absolute atomic E-state index is 0.385. The summed E-state index contributed by atoms with van der Waals surface area (Å²) in [6.07, 6.45) is 0.385. The van der Waals surface area contributed by atoms with E-state index in [1.807, 2.05) is 30.3 Å². The molecule has 0 aliphatic carbocycles. The van der Waals surface area contributed by atoms with E-state index in [0.717, 1.165) is 5.56 Å². The third-order valence-corrected chi connectivity index (χ3v) is 2.64. The first-order chi connectivity index (χ1) is 12.1. The maximum absolute atomic E-state index is 10.4. The molecule has 0 amide bonds. The van der Waals surface area contributed by atoms with E-state index in [-0.39, 0.29) is 0 Å². The van der Waals surface area contributed by atoms with Crippen LogP contribution >= 0.6 is 0 Å². The van der Waals surface area contributed by atoms with Crippen molar-refractivity contribution in [1.82, 2.24) is 0 Å². The van der Waals surface area contributed by atoms with Crippen molar-refractivity contribution < 1.29 is 39.9 Å². The van der Waals surface area contributed by atoms with Crippen LogP contribution in [-0.4, -0.2) is 74.8 Å². The van der Waals surface area contributed by atoms with E-state index < -0.39 is 49.2 Å². The van der Waals surface area contributed by atoms with Crippen LogP contribution in [0.4, 0.5) is 0 Å². The monoisotopic (exact) mass is 375 g/mol. The molecular formula is C15H25N3O8. The summed E-state index contributed by atoms with van der Waals surface area (Å²) >= 11 is 0. The highest BCUT2D eigenvalue weighted by atomic mass is 16.4. The number of aliphatic hydroxyl groups excluding tert-OH is 2. The van der Waals surface area contributed by atoms with Gasteiger partial charge in [0.25, 0.3) is 0 Å². The molecule has 0 bridgehead atoms. The molecule has 0 saturated carbocycles. The minimum atomic E-state index is -1.18. The Kier molecular flexibility index (Phi) is 14.6. The Labute approximate surface area is 149 Å². The van der Waals surface area contributed by atoms with Gasteiger partial charge in [0.1, 0.15) is 18.1 Å². The molecule has 0 aromatic heterocycles. The molecule has 1 aromatic rings. The highest BCUT2D eigenvalue weighted by molar-refractivity contribution is 5.74. The fourth-order valence-electron chi connectivity index (χ4n) is 1.11. The van der Waals surface area contributed by atoms with Crippen molar-refractivity contribution in [1.29, 1.82) is 0 Å². The average molecular weight is 375 g/mol. The molecule has 1 rings (SSSR count). The number of hydrogen-bond acceptors (Lipinski definition) is 8. The van der Waals surface area contributed by atoms with Crippen LogP contribution in [0.5, 0.6) is 0 Å². The van der Waals surface area contributed by atoms with Gasteiger partial charge in [-0.25, -0.2) is 0 Å². The predicted molar refractivity (Wildman–Crippen MR) is 91.2 cm³/mol. The Bertz CT molecular complexity index is 521. The van der Waals surface area contributed by atoms with Gasteiger partial charge in [-0.15, -0.1) is 0 Å². The number of nitrogens with two attached hydrogens (primary N) is 3. The number of aliphatic hydroxyl groups is 2. The van der Waals surface area contributed by atoms with Gasteiger partial charge in [-0.1, -0.05) is 30.3 Å². The first-order valence-electron chi connectivity index (χ1n) is 7.27. The highest BCUT2D eigenvalue weighted by Gasteiger charge is 2.11. The van der Waals surface area contributed by atoms with Crippen molar-refractivity contribution in [2.45, 2.75) is 24.5 Å². The molecule has 0 fully saturated rings. The molecule has 3 atom stereocenters. The average Bonchev–Trinajstić information content (AvgIpc) is 2.61. The summed E-state index contributed by atoms with van der Waals surface area (Å²) in [5, 5.41) is 40.3. The first kappa shape index (κ1) is 25.7. The zero-order valence-corrected chi connectivity index (χ0v) is 13.9. The molecule has 0 saturated heterocycles. The molecular weight excluding hydrogens is 350 g/mol. The number of hydrogen-bond donors (Lipinski definition) is 8. The van der Waals surface area contributed by atoms with Gasteiger partial charge >= 0.3 is 17.9 Å². The molecule has 11 heteroatoms. The van der Waals surface area contributed by atoms with E-state index in [0.29, 0.717) is 6.42 Å². The Morgan fingerprint density at radius 2 is 1.08 bits per heavy atom. The van der Waals surface area contributed by atoms with Crippen LogP contribution in [-0.2, 0) is 20.8 Å². The van der Waals surface area contributed by atoms with Gasteiger partial charge in [0.15, 0.2) is 0 Å². The van der Waals surface area contributed by atoms with Crippen molar-refractivity contribution >= 4 is 17.9 Å². The minimum Gasteiger partial charge on any atom is -0.480 e. The fourth-order valence-corrected chi connectivity index (χ4v) is 1.11. The lowest BCUT2D eigenvalue weighted by Crippen LogP contribution is -2.33. The summed E-state index contributed by atoms with van der Waals surface area (Å²) in [6.45, 7) is -1.01. The summed E-state index contributed by atoms with van der Waals surface area (Å²) in [5.74, 6) is -3.32. The summed E-state index contributed by atoms with van der Waals surface area (Å²) in [6, 6.07) is 6.29. The molecule has 0 spiro atoms. The second-order valence-electron chi connectivity index (χ2n) is 4.89. The molecule has 0 heterocycles. The van der Waals surface area contributed by atoms with Gasteiger partial charge < -0.3 is 42.7 Å². The van der Waals surface area contributed by atoms with Gasteiger partial charge in [0.2, 0.25) is 0 Å². The van der Waals surface area contributed by atoms with Crippen molar-refractivity contribution in [3.63, 3.8) is 0 Å². The van der Waals surface area contributed by atoms with Crippen molar-refractivity contribution in [3.05, 3.63) is 35.9 Å². The lowest BCUT2D eigenvalue weighted by atomic mass is 10.1. The number of carboxylic acid groups (broad SMARTS) is 3. The van der Waals surface area contributed by atoms with Crippen molar-refractivity contribution in [3.8, 4) is 0 Å². The summed E-state index contributed by atoms with van der Waals surface area (Å²) in [4.78, 5) is 29.7.